The molecule has 0 spiro atoms. The van der Waals surface area contributed by atoms with E-state index in [9.17, 15) is 0 Å². The highest BCUT2D eigenvalue weighted by atomic mass is 35.5. The number of furan rings is 1. The number of halogens is 1. The minimum atomic E-state index is 0.710. The average Bonchev–Trinajstić information content (AvgIpc) is 2.70. The second-order valence-electron chi connectivity index (χ2n) is 2.75. The molecule has 0 saturated carbocycles. The summed E-state index contributed by atoms with van der Waals surface area (Å²) >= 11 is 5.74. The van der Waals surface area contributed by atoms with Crippen LogP contribution in [-0.4, -0.2) is 6.21 Å². The molecule has 2 nitrogen and oxygen atoms in total. The van der Waals surface area contributed by atoms with E-state index in [2.05, 4.69) is 4.99 Å². The Morgan fingerprint density at radius 1 is 1.14 bits per heavy atom. The highest BCUT2D eigenvalue weighted by molar-refractivity contribution is 6.30. The summed E-state index contributed by atoms with van der Waals surface area (Å²) < 4.78 is 5.10. The lowest BCUT2D eigenvalue weighted by Crippen LogP contribution is -1.73. The lowest BCUT2D eigenvalue weighted by molar-refractivity contribution is 0.560. The van der Waals surface area contributed by atoms with Crippen LogP contribution in [0.4, 0.5) is 5.69 Å². The van der Waals surface area contributed by atoms with Crippen molar-refractivity contribution in [1.29, 1.82) is 0 Å². The molecule has 0 unspecified atom stereocenters. The van der Waals surface area contributed by atoms with Crippen LogP contribution in [0.2, 0.25) is 5.02 Å². The van der Waals surface area contributed by atoms with Crippen LogP contribution in [0, 0.1) is 0 Å². The standard InChI is InChI=1S/C11H8ClNO/c12-9-3-5-10(6-4-9)13-8-11-2-1-7-14-11/h1-8H. The van der Waals surface area contributed by atoms with Gasteiger partial charge in [-0.3, -0.25) is 4.99 Å². The third kappa shape index (κ3) is 2.24. The fraction of sp³-hybridized carbons (Fsp3) is 0. The van der Waals surface area contributed by atoms with Crippen molar-refractivity contribution in [2.24, 2.45) is 4.99 Å². The topological polar surface area (TPSA) is 25.5 Å². The molecule has 2 rings (SSSR count). The highest BCUT2D eigenvalue weighted by Crippen LogP contribution is 2.16. The molecule has 0 radical (unpaired) electrons. The predicted octanol–water partition coefficient (Wildman–Crippen LogP) is 3.68. The van der Waals surface area contributed by atoms with E-state index in [-0.39, 0.29) is 0 Å². The fourth-order valence-electron chi connectivity index (χ4n) is 1.03. The molecule has 14 heavy (non-hydrogen) atoms. The highest BCUT2D eigenvalue weighted by Gasteiger charge is 1.90. The first-order valence-electron chi connectivity index (χ1n) is 4.18. The molecule has 0 saturated heterocycles. The molecule has 0 N–H and O–H groups in total. The SMILES string of the molecule is Clc1ccc(N=Cc2ccco2)cc1. The molecule has 1 aromatic heterocycles. The van der Waals surface area contributed by atoms with E-state index < -0.39 is 0 Å². The van der Waals surface area contributed by atoms with E-state index in [0.29, 0.717) is 5.02 Å². The summed E-state index contributed by atoms with van der Waals surface area (Å²) in [6, 6.07) is 11.0. The lowest BCUT2D eigenvalue weighted by atomic mass is 10.3. The maximum Gasteiger partial charge on any atom is 0.144 e. The molecule has 3 heteroatoms. The molecule has 0 atom stereocenters. The molecule has 1 heterocycles. The van der Waals surface area contributed by atoms with E-state index in [0.717, 1.165) is 11.4 Å². The van der Waals surface area contributed by atoms with Crippen LogP contribution < -0.4 is 0 Å². The van der Waals surface area contributed by atoms with E-state index in [1.165, 1.54) is 0 Å². The Morgan fingerprint density at radius 3 is 2.57 bits per heavy atom. The van der Waals surface area contributed by atoms with E-state index in [1.54, 1.807) is 24.6 Å². The zero-order valence-corrected chi connectivity index (χ0v) is 8.11. The second-order valence-corrected chi connectivity index (χ2v) is 3.19. The summed E-state index contributed by atoms with van der Waals surface area (Å²) in [5.74, 6) is 0.736. The third-order valence-corrected chi connectivity index (χ3v) is 1.96. The number of rotatable bonds is 2. The summed E-state index contributed by atoms with van der Waals surface area (Å²) in [6.07, 6.45) is 3.28. The monoisotopic (exact) mass is 205 g/mol. The fourth-order valence-corrected chi connectivity index (χ4v) is 1.16. The summed E-state index contributed by atoms with van der Waals surface area (Å²) in [4.78, 5) is 4.21. The van der Waals surface area contributed by atoms with Gasteiger partial charge in [0.1, 0.15) is 5.76 Å². The smallest absolute Gasteiger partial charge is 0.144 e. The van der Waals surface area contributed by atoms with E-state index in [1.807, 2.05) is 24.3 Å². The van der Waals surface area contributed by atoms with Crippen molar-refractivity contribution < 1.29 is 4.42 Å². The van der Waals surface area contributed by atoms with E-state index in [4.69, 9.17) is 16.0 Å². The minimum Gasteiger partial charge on any atom is -0.463 e. The van der Waals surface area contributed by atoms with Crippen LogP contribution in [0.15, 0.2) is 52.1 Å². The van der Waals surface area contributed by atoms with Crippen molar-refractivity contribution in [1.82, 2.24) is 0 Å². The number of nitrogens with zero attached hydrogens (tertiary/aromatic N) is 1. The average molecular weight is 206 g/mol. The van der Waals surface area contributed by atoms with Crippen molar-refractivity contribution in [3.8, 4) is 0 Å². The lowest BCUT2D eigenvalue weighted by Gasteiger charge is -1.91. The number of benzene rings is 1. The Hall–Kier alpha value is -1.54. The Labute approximate surface area is 86.8 Å². The van der Waals surface area contributed by atoms with Crippen molar-refractivity contribution in [2.45, 2.75) is 0 Å². The van der Waals surface area contributed by atoms with Gasteiger partial charge in [0, 0.05) is 5.02 Å². The number of hydrogen-bond acceptors (Lipinski definition) is 2. The quantitative estimate of drug-likeness (QED) is 0.687. The van der Waals surface area contributed by atoms with Crippen LogP contribution in [0.5, 0.6) is 0 Å². The van der Waals surface area contributed by atoms with Crippen molar-refractivity contribution >= 4 is 23.5 Å². The first-order chi connectivity index (χ1) is 6.84. The number of hydrogen-bond donors (Lipinski definition) is 0. The third-order valence-electron chi connectivity index (χ3n) is 1.71. The van der Waals surface area contributed by atoms with Crippen molar-refractivity contribution in [2.75, 3.05) is 0 Å². The van der Waals surface area contributed by atoms with Gasteiger partial charge < -0.3 is 4.42 Å². The first kappa shape index (κ1) is 9.03. The summed E-state index contributed by atoms with van der Waals surface area (Å²) in [6.45, 7) is 0. The molecule has 0 fully saturated rings. The molecule has 0 aliphatic heterocycles. The molecule has 70 valence electrons. The van der Waals surface area contributed by atoms with Gasteiger partial charge in [0.25, 0.3) is 0 Å². The predicted molar refractivity (Wildman–Crippen MR) is 57.4 cm³/mol. The van der Waals surface area contributed by atoms with Crippen LogP contribution in [0.1, 0.15) is 5.76 Å². The first-order valence-corrected chi connectivity index (χ1v) is 4.55. The van der Waals surface area contributed by atoms with Crippen LogP contribution >= 0.6 is 11.6 Å². The van der Waals surface area contributed by atoms with Gasteiger partial charge in [0.2, 0.25) is 0 Å². The van der Waals surface area contributed by atoms with Gasteiger partial charge in [-0.25, -0.2) is 0 Å². The molecule has 0 amide bonds. The van der Waals surface area contributed by atoms with Crippen molar-refractivity contribution in [3.63, 3.8) is 0 Å². The van der Waals surface area contributed by atoms with Crippen molar-refractivity contribution in [3.05, 3.63) is 53.4 Å². The Kier molecular flexibility index (Phi) is 2.65. The Balaban J connectivity index is 2.15. The Bertz CT molecular complexity index is 417. The molecular formula is C11H8ClNO. The number of aliphatic imine (C=N–C) groups is 1. The molecule has 0 bridgehead atoms. The van der Waals surface area contributed by atoms with E-state index >= 15 is 0 Å². The van der Waals surface area contributed by atoms with Crippen LogP contribution in [-0.2, 0) is 0 Å². The minimum absolute atomic E-state index is 0.710. The molecule has 1 aromatic carbocycles. The molecule has 0 aliphatic carbocycles. The maximum atomic E-state index is 5.74. The van der Waals surface area contributed by atoms with Gasteiger partial charge in [-0.1, -0.05) is 11.6 Å². The largest absolute Gasteiger partial charge is 0.463 e. The Morgan fingerprint density at radius 2 is 1.93 bits per heavy atom. The van der Waals surface area contributed by atoms with Crippen LogP contribution in [0.25, 0.3) is 0 Å². The zero-order valence-electron chi connectivity index (χ0n) is 7.35. The van der Waals surface area contributed by atoms with Gasteiger partial charge in [-0.05, 0) is 36.4 Å². The summed E-state index contributed by atoms with van der Waals surface area (Å²) in [5.41, 5.74) is 0.853. The normalized spacial score (nSPS) is 10.9. The molecular weight excluding hydrogens is 198 g/mol. The molecule has 2 aromatic rings. The van der Waals surface area contributed by atoms with Gasteiger partial charge in [0.05, 0.1) is 18.2 Å². The summed E-state index contributed by atoms with van der Waals surface area (Å²) in [7, 11) is 0. The maximum absolute atomic E-state index is 5.74. The van der Waals surface area contributed by atoms with Gasteiger partial charge in [-0.15, -0.1) is 0 Å². The summed E-state index contributed by atoms with van der Waals surface area (Å²) in [5, 5.41) is 0.710. The second kappa shape index (κ2) is 4.11. The molecule has 0 aliphatic rings. The van der Waals surface area contributed by atoms with Gasteiger partial charge in [-0.2, -0.15) is 0 Å². The van der Waals surface area contributed by atoms with Gasteiger partial charge in [0.15, 0.2) is 0 Å². The van der Waals surface area contributed by atoms with Crippen LogP contribution in [0.3, 0.4) is 0 Å². The van der Waals surface area contributed by atoms with Gasteiger partial charge >= 0.3 is 0 Å². The zero-order chi connectivity index (χ0) is 9.80.